The fourth-order valence-electron chi connectivity index (χ4n) is 2.57. The first-order valence-electron chi connectivity index (χ1n) is 7.97. The van der Waals surface area contributed by atoms with Crippen molar-refractivity contribution in [3.8, 4) is 0 Å². The van der Waals surface area contributed by atoms with Crippen molar-refractivity contribution >= 4 is 23.0 Å². The number of aliphatic hydroxyl groups excluding tert-OH is 1. The van der Waals surface area contributed by atoms with Gasteiger partial charge in [-0.1, -0.05) is 26.0 Å². The van der Waals surface area contributed by atoms with Crippen LogP contribution in [-0.4, -0.2) is 54.4 Å². The number of carbonyl (C=O) groups is 1. The lowest BCUT2D eigenvalue weighted by molar-refractivity contribution is -0.118. The molecule has 1 aliphatic rings. The second kappa shape index (κ2) is 6.48. The largest absolute Gasteiger partial charge is 0.385 e. The molecule has 25 heavy (non-hydrogen) atoms. The van der Waals surface area contributed by atoms with Crippen LogP contribution in [0.2, 0.25) is 0 Å². The molecule has 4 atom stereocenters. The van der Waals surface area contributed by atoms with E-state index in [1.54, 1.807) is 20.8 Å². The van der Waals surface area contributed by atoms with Gasteiger partial charge in [-0.3, -0.25) is 19.9 Å². The van der Waals surface area contributed by atoms with E-state index in [1.165, 1.54) is 0 Å². The van der Waals surface area contributed by atoms with E-state index in [1.807, 2.05) is 0 Å². The number of hydrogen-bond acceptors (Lipinski definition) is 7. The molecule has 2 aromatic rings. The lowest BCUT2D eigenvalue weighted by atomic mass is 10.1. The smallest absolute Gasteiger partial charge is 0.282 e. The first-order valence-corrected chi connectivity index (χ1v) is 7.97. The summed E-state index contributed by atoms with van der Waals surface area (Å²) in [7, 11) is 0. The van der Waals surface area contributed by atoms with Gasteiger partial charge < -0.3 is 9.84 Å². The van der Waals surface area contributed by atoms with Crippen LogP contribution >= 0.6 is 0 Å². The van der Waals surface area contributed by atoms with Crippen molar-refractivity contribution in [2.24, 2.45) is 5.92 Å². The molecule has 1 aliphatic heterocycles. The Bertz CT molecular complexity index is 849. The number of aromatic amines is 1. The Morgan fingerprint density at radius 2 is 2.24 bits per heavy atom. The third-order valence-corrected chi connectivity index (χ3v) is 4.03. The molecule has 0 radical (unpaired) electrons. The Kier molecular flexibility index (Phi) is 4.52. The number of alkyl halides is 1. The summed E-state index contributed by atoms with van der Waals surface area (Å²) in [6, 6.07) is 0. The molecule has 1 fully saturated rings. The number of nitrogens with one attached hydrogen (secondary N) is 2. The van der Waals surface area contributed by atoms with Gasteiger partial charge in [-0.15, -0.1) is 5.10 Å². The van der Waals surface area contributed by atoms with Gasteiger partial charge in [0.05, 0.1) is 6.10 Å². The SMILES string of the molecule is CC[C@H]1O[C@@H](n2nnc3c(=O)[nH]c(NC(=O)C(C)C)nc32)[C@@H](O)[C@@H]1F. The zero-order valence-corrected chi connectivity index (χ0v) is 13.9. The molecule has 0 bridgehead atoms. The number of halogens is 1. The molecule has 0 aromatic carbocycles. The quantitative estimate of drug-likeness (QED) is 0.709. The molecule has 3 rings (SSSR count). The fourth-order valence-corrected chi connectivity index (χ4v) is 2.57. The van der Waals surface area contributed by atoms with Gasteiger partial charge in [0.15, 0.2) is 23.6 Å². The topological polar surface area (TPSA) is 135 Å². The van der Waals surface area contributed by atoms with Gasteiger partial charge in [0.25, 0.3) is 5.56 Å². The number of aromatic nitrogens is 5. The highest BCUT2D eigenvalue weighted by Crippen LogP contribution is 2.33. The highest BCUT2D eigenvalue weighted by atomic mass is 19.1. The van der Waals surface area contributed by atoms with Crippen LogP contribution in [0.15, 0.2) is 4.79 Å². The molecule has 1 saturated heterocycles. The van der Waals surface area contributed by atoms with Crippen molar-refractivity contribution in [2.45, 2.75) is 51.8 Å². The molecule has 0 unspecified atom stereocenters. The minimum absolute atomic E-state index is 0.0178. The minimum atomic E-state index is -1.59. The third kappa shape index (κ3) is 3.00. The van der Waals surface area contributed by atoms with Crippen molar-refractivity contribution < 1.29 is 19.0 Å². The number of carbonyl (C=O) groups excluding carboxylic acids is 1. The maximum atomic E-state index is 14.1. The summed E-state index contributed by atoms with van der Waals surface area (Å²) in [5.74, 6) is -0.744. The number of rotatable bonds is 4. The van der Waals surface area contributed by atoms with Gasteiger partial charge in [-0.25, -0.2) is 4.39 Å². The summed E-state index contributed by atoms with van der Waals surface area (Å²) in [5, 5.41) is 20.0. The first kappa shape index (κ1) is 17.4. The molecule has 136 valence electrons. The van der Waals surface area contributed by atoms with E-state index in [2.05, 4.69) is 25.6 Å². The van der Waals surface area contributed by atoms with Crippen LogP contribution in [0, 0.1) is 5.92 Å². The Hall–Kier alpha value is -2.40. The molecule has 3 N–H and O–H groups in total. The molecule has 10 nitrogen and oxygen atoms in total. The second-order valence-corrected chi connectivity index (χ2v) is 6.17. The van der Waals surface area contributed by atoms with E-state index >= 15 is 0 Å². The molecule has 0 spiro atoms. The molecule has 2 aromatic heterocycles. The minimum Gasteiger partial charge on any atom is -0.385 e. The summed E-state index contributed by atoms with van der Waals surface area (Å²) in [6.45, 7) is 5.11. The predicted molar refractivity (Wildman–Crippen MR) is 84.5 cm³/mol. The maximum Gasteiger partial charge on any atom is 0.282 e. The van der Waals surface area contributed by atoms with E-state index in [4.69, 9.17) is 4.74 Å². The summed E-state index contributed by atoms with van der Waals surface area (Å²) in [4.78, 5) is 30.4. The van der Waals surface area contributed by atoms with Crippen molar-refractivity contribution in [1.82, 2.24) is 25.0 Å². The Labute approximate surface area is 141 Å². The molecule has 0 aliphatic carbocycles. The molecule has 3 heterocycles. The van der Waals surface area contributed by atoms with Gasteiger partial charge >= 0.3 is 0 Å². The number of fused-ring (bicyclic) bond motifs is 1. The van der Waals surface area contributed by atoms with Gasteiger partial charge in [-0.05, 0) is 6.42 Å². The number of H-pyrrole nitrogens is 1. The van der Waals surface area contributed by atoms with E-state index < -0.39 is 30.2 Å². The molecular weight excluding hydrogens is 335 g/mol. The van der Waals surface area contributed by atoms with Gasteiger partial charge in [0, 0.05) is 5.92 Å². The normalized spacial score (nSPS) is 26.5. The molecule has 11 heteroatoms. The standard InChI is InChI=1S/C14H19FN6O4/c1-4-6-7(15)9(22)13(25-6)21-10-8(19-20-21)12(24)18-14(16-10)17-11(23)5(2)3/h5-7,9,13,22H,4H2,1-3H3,(H2,16,17,18,23,24)/t6-,7-,9+,13-/m1/s1. The number of anilines is 1. The monoisotopic (exact) mass is 354 g/mol. The first-order chi connectivity index (χ1) is 11.8. The number of amides is 1. The molecule has 1 amide bonds. The lowest BCUT2D eigenvalue weighted by Crippen LogP contribution is -2.28. The van der Waals surface area contributed by atoms with Crippen molar-refractivity contribution in [2.75, 3.05) is 5.32 Å². The number of nitrogens with zero attached hydrogens (tertiary/aromatic N) is 4. The Morgan fingerprint density at radius 1 is 1.52 bits per heavy atom. The Morgan fingerprint density at radius 3 is 2.84 bits per heavy atom. The summed E-state index contributed by atoms with van der Waals surface area (Å²) < 4.78 is 20.6. The van der Waals surface area contributed by atoms with E-state index in [9.17, 15) is 19.1 Å². The highest BCUT2D eigenvalue weighted by Gasteiger charge is 2.45. The van der Waals surface area contributed by atoms with Crippen molar-refractivity contribution in [3.05, 3.63) is 10.4 Å². The average Bonchev–Trinajstić information content (AvgIpc) is 3.10. The van der Waals surface area contributed by atoms with Crippen LogP contribution in [0.1, 0.15) is 33.4 Å². The number of hydrogen-bond donors (Lipinski definition) is 3. The van der Waals surface area contributed by atoms with Crippen molar-refractivity contribution in [1.29, 1.82) is 0 Å². The number of ether oxygens (including phenoxy) is 1. The zero-order chi connectivity index (χ0) is 18.3. The van der Waals surface area contributed by atoms with Gasteiger partial charge in [0.2, 0.25) is 11.9 Å². The summed E-state index contributed by atoms with van der Waals surface area (Å²) in [6.07, 6.45) is -4.64. The maximum absolute atomic E-state index is 14.1. The number of aliphatic hydroxyl groups is 1. The second-order valence-electron chi connectivity index (χ2n) is 6.17. The molecule has 0 saturated carbocycles. The van der Waals surface area contributed by atoms with Crippen LogP contribution in [0.3, 0.4) is 0 Å². The van der Waals surface area contributed by atoms with Gasteiger partial charge in [-0.2, -0.15) is 9.67 Å². The predicted octanol–water partition coefficient (Wildman–Crippen LogP) is 0.115. The van der Waals surface area contributed by atoms with E-state index in [0.717, 1.165) is 4.68 Å². The lowest BCUT2D eigenvalue weighted by Gasteiger charge is -2.14. The van der Waals surface area contributed by atoms with Crippen LogP contribution in [-0.2, 0) is 9.53 Å². The zero-order valence-electron chi connectivity index (χ0n) is 13.9. The van der Waals surface area contributed by atoms with Crippen LogP contribution in [0.25, 0.3) is 11.2 Å². The van der Waals surface area contributed by atoms with Crippen LogP contribution in [0.4, 0.5) is 10.3 Å². The highest BCUT2D eigenvalue weighted by molar-refractivity contribution is 5.90. The van der Waals surface area contributed by atoms with Gasteiger partial charge in [0.1, 0.15) is 6.10 Å². The Balaban J connectivity index is 2.01. The summed E-state index contributed by atoms with van der Waals surface area (Å²) >= 11 is 0. The van der Waals surface area contributed by atoms with E-state index in [-0.39, 0.29) is 28.9 Å². The average molecular weight is 354 g/mol. The molecular formula is C14H19FN6O4. The summed E-state index contributed by atoms with van der Waals surface area (Å²) in [5.41, 5.74) is -0.740. The third-order valence-electron chi connectivity index (χ3n) is 4.03. The van der Waals surface area contributed by atoms with Crippen LogP contribution < -0.4 is 10.9 Å². The fraction of sp³-hybridized carbons (Fsp3) is 0.643. The van der Waals surface area contributed by atoms with Crippen molar-refractivity contribution in [3.63, 3.8) is 0 Å². The van der Waals surface area contributed by atoms with E-state index in [0.29, 0.717) is 6.42 Å². The van der Waals surface area contributed by atoms with Crippen LogP contribution in [0.5, 0.6) is 0 Å².